The van der Waals surface area contributed by atoms with Gasteiger partial charge in [-0.15, -0.1) is 0 Å². The largest absolute Gasteiger partial charge is 0.494 e. The SMILES string of the molecule is COc1ccc(CNC(C)CC(O)c2ccco2)cc1F. The first-order valence-corrected chi connectivity index (χ1v) is 6.87. The molecule has 0 saturated carbocycles. The molecule has 2 N–H and O–H groups in total. The van der Waals surface area contributed by atoms with Crippen LogP contribution in [-0.4, -0.2) is 18.3 Å². The Labute approximate surface area is 123 Å². The molecule has 1 heterocycles. The van der Waals surface area contributed by atoms with Gasteiger partial charge in [-0.1, -0.05) is 6.07 Å². The first-order valence-electron chi connectivity index (χ1n) is 6.87. The number of methoxy groups -OCH3 is 1. The van der Waals surface area contributed by atoms with E-state index in [0.717, 1.165) is 5.56 Å². The molecule has 1 aromatic heterocycles. The van der Waals surface area contributed by atoms with Crippen LogP contribution in [0.2, 0.25) is 0 Å². The molecule has 0 aliphatic rings. The van der Waals surface area contributed by atoms with Gasteiger partial charge in [-0.2, -0.15) is 0 Å². The zero-order valence-electron chi connectivity index (χ0n) is 12.2. The molecule has 2 aromatic rings. The van der Waals surface area contributed by atoms with Gasteiger partial charge in [0.2, 0.25) is 0 Å². The van der Waals surface area contributed by atoms with Crippen LogP contribution in [0.15, 0.2) is 41.0 Å². The lowest BCUT2D eigenvalue weighted by molar-refractivity contribution is 0.128. The van der Waals surface area contributed by atoms with E-state index in [0.29, 0.717) is 18.7 Å². The first kappa shape index (κ1) is 15.5. The summed E-state index contributed by atoms with van der Waals surface area (Å²) in [6.45, 7) is 2.49. The molecule has 0 fully saturated rings. The Hall–Kier alpha value is -1.85. The van der Waals surface area contributed by atoms with Crippen LogP contribution in [-0.2, 0) is 6.54 Å². The number of hydrogen-bond donors (Lipinski definition) is 2. The maximum Gasteiger partial charge on any atom is 0.165 e. The van der Waals surface area contributed by atoms with E-state index in [4.69, 9.17) is 9.15 Å². The van der Waals surface area contributed by atoms with Gasteiger partial charge >= 0.3 is 0 Å². The topological polar surface area (TPSA) is 54.6 Å². The van der Waals surface area contributed by atoms with Gasteiger partial charge in [0.15, 0.2) is 11.6 Å². The van der Waals surface area contributed by atoms with Crippen LogP contribution in [0.1, 0.15) is 30.8 Å². The third-order valence-corrected chi connectivity index (χ3v) is 3.32. The molecule has 5 heteroatoms. The number of halogens is 1. The molecule has 0 aliphatic carbocycles. The Bertz CT molecular complexity index is 557. The van der Waals surface area contributed by atoms with Gasteiger partial charge in [-0.3, -0.25) is 0 Å². The number of aliphatic hydroxyl groups excluding tert-OH is 1. The Kier molecular flexibility index (Phi) is 5.36. The van der Waals surface area contributed by atoms with Crippen molar-refractivity contribution in [2.24, 2.45) is 0 Å². The number of ether oxygens (including phenoxy) is 1. The normalized spacial score (nSPS) is 13.9. The van der Waals surface area contributed by atoms with E-state index in [2.05, 4.69) is 5.32 Å². The second-order valence-electron chi connectivity index (χ2n) is 5.02. The van der Waals surface area contributed by atoms with Crippen LogP contribution in [0, 0.1) is 5.82 Å². The van der Waals surface area contributed by atoms with Crippen molar-refractivity contribution in [3.8, 4) is 5.75 Å². The standard InChI is InChI=1S/C16H20FNO3/c1-11(8-14(19)16-4-3-7-21-16)18-10-12-5-6-15(20-2)13(17)9-12/h3-7,9,11,14,18-19H,8,10H2,1-2H3. The van der Waals surface area contributed by atoms with E-state index >= 15 is 0 Å². The lowest BCUT2D eigenvalue weighted by Gasteiger charge is -2.17. The van der Waals surface area contributed by atoms with E-state index < -0.39 is 6.10 Å². The number of rotatable bonds is 7. The van der Waals surface area contributed by atoms with E-state index in [9.17, 15) is 9.50 Å². The molecular weight excluding hydrogens is 273 g/mol. The Morgan fingerprint density at radius 2 is 2.19 bits per heavy atom. The molecule has 2 rings (SSSR count). The van der Waals surface area contributed by atoms with Crippen molar-refractivity contribution in [3.05, 3.63) is 53.7 Å². The molecular formula is C16H20FNO3. The summed E-state index contributed by atoms with van der Waals surface area (Å²) in [5, 5.41) is 13.2. The van der Waals surface area contributed by atoms with Crippen molar-refractivity contribution in [2.75, 3.05) is 7.11 Å². The fourth-order valence-electron chi connectivity index (χ4n) is 2.13. The van der Waals surface area contributed by atoms with Crippen molar-refractivity contribution < 1.29 is 18.7 Å². The highest BCUT2D eigenvalue weighted by atomic mass is 19.1. The molecule has 114 valence electrons. The Balaban J connectivity index is 1.83. The lowest BCUT2D eigenvalue weighted by Crippen LogP contribution is -2.27. The van der Waals surface area contributed by atoms with Crippen LogP contribution >= 0.6 is 0 Å². The summed E-state index contributed by atoms with van der Waals surface area (Å²) in [4.78, 5) is 0. The Morgan fingerprint density at radius 1 is 1.38 bits per heavy atom. The summed E-state index contributed by atoms with van der Waals surface area (Å²) in [7, 11) is 1.44. The molecule has 0 amide bonds. The minimum atomic E-state index is -0.643. The molecule has 2 atom stereocenters. The second kappa shape index (κ2) is 7.24. The Morgan fingerprint density at radius 3 is 2.81 bits per heavy atom. The zero-order valence-corrected chi connectivity index (χ0v) is 12.2. The van der Waals surface area contributed by atoms with Crippen LogP contribution in [0.25, 0.3) is 0 Å². The van der Waals surface area contributed by atoms with Crippen molar-refractivity contribution >= 4 is 0 Å². The lowest BCUT2D eigenvalue weighted by atomic mass is 10.1. The maximum absolute atomic E-state index is 13.6. The minimum Gasteiger partial charge on any atom is -0.494 e. The highest BCUT2D eigenvalue weighted by molar-refractivity contribution is 5.29. The molecule has 2 unspecified atom stereocenters. The van der Waals surface area contributed by atoms with Gasteiger partial charge in [-0.25, -0.2) is 4.39 Å². The van der Waals surface area contributed by atoms with Gasteiger partial charge in [0.05, 0.1) is 13.4 Å². The van der Waals surface area contributed by atoms with Gasteiger partial charge in [0.1, 0.15) is 11.9 Å². The zero-order chi connectivity index (χ0) is 15.2. The monoisotopic (exact) mass is 293 g/mol. The molecule has 0 aliphatic heterocycles. The predicted octanol–water partition coefficient (Wildman–Crippen LogP) is 3.03. The minimum absolute atomic E-state index is 0.0651. The quantitative estimate of drug-likeness (QED) is 0.824. The van der Waals surface area contributed by atoms with Gasteiger partial charge in [0, 0.05) is 12.6 Å². The van der Waals surface area contributed by atoms with Gasteiger partial charge in [0.25, 0.3) is 0 Å². The van der Waals surface area contributed by atoms with E-state index in [1.807, 2.05) is 13.0 Å². The van der Waals surface area contributed by atoms with Gasteiger partial charge < -0.3 is 19.6 Å². The van der Waals surface area contributed by atoms with E-state index in [1.165, 1.54) is 19.4 Å². The van der Waals surface area contributed by atoms with Crippen molar-refractivity contribution in [2.45, 2.75) is 32.0 Å². The fourth-order valence-corrected chi connectivity index (χ4v) is 2.13. The van der Waals surface area contributed by atoms with Crippen molar-refractivity contribution in [1.82, 2.24) is 5.32 Å². The molecule has 21 heavy (non-hydrogen) atoms. The summed E-state index contributed by atoms with van der Waals surface area (Å²) in [6, 6.07) is 8.42. The smallest absolute Gasteiger partial charge is 0.165 e. The number of hydrogen-bond acceptors (Lipinski definition) is 4. The summed E-state index contributed by atoms with van der Waals surface area (Å²) >= 11 is 0. The summed E-state index contributed by atoms with van der Waals surface area (Å²) < 4.78 is 23.6. The summed E-state index contributed by atoms with van der Waals surface area (Å²) in [5.74, 6) is 0.416. The third kappa shape index (κ3) is 4.31. The highest BCUT2D eigenvalue weighted by Crippen LogP contribution is 2.20. The van der Waals surface area contributed by atoms with Crippen molar-refractivity contribution in [3.63, 3.8) is 0 Å². The molecule has 0 bridgehead atoms. The average Bonchev–Trinajstić information content (AvgIpc) is 2.99. The third-order valence-electron chi connectivity index (χ3n) is 3.32. The molecule has 0 spiro atoms. The number of furan rings is 1. The second-order valence-corrected chi connectivity index (χ2v) is 5.02. The fraction of sp³-hybridized carbons (Fsp3) is 0.375. The first-order chi connectivity index (χ1) is 10.1. The van der Waals surface area contributed by atoms with Gasteiger partial charge in [-0.05, 0) is 43.2 Å². The number of benzene rings is 1. The molecule has 0 radical (unpaired) electrons. The number of nitrogens with one attached hydrogen (secondary N) is 1. The maximum atomic E-state index is 13.6. The van der Waals surface area contributed by atoms with E-state index in [-0.39, 0.29) is 17.6 Å². The predicted molar refractivity (Wildman–Crippen MR) is 77.5 cm³/mol. The van der Waals surface area contributed by atoms with Crippen LogP contribution < -0.4 is 10.1 Å². The highest BCUT2D eigenvalue weighted by Gasteiger charge is 2.14. The van der Waals surface area contributed by atoms with E-state index in [1.54, 1.807) is 18.2 Å². The molecule has 1 aromatic carbocycles. The molecule has 0 saturated heterocycles. The van der Waals surface area contributed by atoms with Crippen LogP contribution in [0.5, 0.6) is 5.75 Å². The number of aliphatic hydroxyl groups is 1. The summed E-state index contributed by atoms with van der Waals surface area (Å²) in [5.41, 5.74) is 0.827. The van der Waals surface area contributed by atoms with Crippen LogP contribution in [0.4, 0.5) is 4.39 Å². The summed E-state index contributed by atoms with van der Waals surface area (Å²) in [6.07, 6.45) is 1.42. The van der Waals surface area contributed by atoms with Crippen LogP contribution in [0.3, 0.4) is 0 Å². The van der Waals surface area contributed by atoms with Crippen molar-refractivity contribution in [1.29, 1.82) is 0 Å². The molecule has 4 nitrogen and oxygen atoms in total. The average molecular weight is 293 g/mol.